The lowest BCUT2D eigenvalue weighted by atomic mass is 10.1. The van der Waals surface area contributed by atoms with Gasteiger partial charge in [-0.05, 0) is 24.6 Å². The van der Waals surface area contributed by atoms with Gasteiger partial charge in [0, 0.05) is 17.1 Å². The highest BCUT2D eigenvalue weighted by molar-refractivity contribution is 9.10. The van der Waals surface area contributed by atoms with Gasteiger partial charge in [0.2, 0.25) is 0 Å². The quantitative estimate of drug-likeness (QED) is 0.696. The van der Waals surface area contributed by atoms with Crippen LogP contribution in [-0.4, -0.2) is 21.1 Å². The molecule has 1 heterocycles. The van der Waals surface area contributed by atoms with E-state index in [1.54, 1.807) is 7.05 Å². The van der Waals surface area contributed by atoms with E-state index in [-0.39, 0.29) is 6.10 Å². The van der Waals surface area contributed by atoms with Crippen molar-refractivity contribution >= 4 is 27.8 Å². The molecule has 0 aliphatic carbocycles. The number of nitrogens with zero attached hydrogens (tertiary/aromatic N) is 3. The normalized spacial score (nSPS) is 11.8. The molecule has 3 rings (SSSR count). The van der Waals surface area contributed by atoms with Crippen molar-refractivity contribution < 1.29 is 9.53 Å². The van der Waals surface area contributed by atoms with Crippen molar-refractivity contribution in [3.63, 3.8) is 0 Å². The molecule has 1 amide bonds. The molecule has 3 aromatic rings. The van der Waals surface area contributed by atoms with Crippen molar-refractivity contribution in [2.75, 3.05) is 5.32 Å². The Balaban J connectivity index is 1.74. The summed E-state index contributed by atoms with van der Waals surface area (Å²) in [6.45, 7) is 1.82. The van der Waals surface area contributed by atoms with Gasteiger partial charge in [-0.25, -0.2) is 4.79 Å². The largest absolute Gasteiger partial charge is 0.441 e. The number of anilines is 1. The molecule has 0 unspecified atom stereocenters. The molecule has 0 aliphatic heterocycles. The lowest BCUT2D eigenvalue weighted by Gasteiger charge is -2.13. The summed E-state index contributed by atoms with van der Waals surface area (Å²) in [6, 6.07) is 17.2. The molecule has 0 aliphatic rings. The number of amides is 1. The van der Waals surface area contributed by atoms with E-state index in [1.165, 1.54) is 4.80 Å². The minimum absolute atomic E-state index is 0.357. The third kappa shape index (κ3) is 4.24. The van der Waals surface area contributed by atoms with E-state index in [0.717, 1.165) is 15.6 Å². The summed E-state index contributed by atoms with van der Waals surface area (Å²) in [6.07, 6.45) is -0.941. The lowest BCUT2D eigenvalue weighted by Crippen LogP contribution is -2.17. The van der Waals surface area contributed by atoms with Crippen molar-refractivity contribution in [3.05, 3.63) is 64.6 Å². The smallest absolute Gasteiger partial charge is 0.413 e. The highest BCUT2D eigenvalue weighted by Crippen LogP contribution is 2.26. The SMILES string of the molecule is C[C@@H](OC(=O)Nc1nn(C)nc1-c1ccc(Br)cc1)c1ccccc1. The number of rotatable bonds is 4. The van der Waals surface area contributed by atoms with Gasteiger partial charge in [-0.3, -0.25) is 5.32 Å². The van der Waals surface area contributed by atoms with Crippen molar-refractivity contribution in [2.24, 2.45) is 7.05 Å². The fourth-order valence-electron chi connectivity index (χ4n) is 2.37. The Kier molecular flexibility index (Phi) is 5.14. The average molecular weight is 401 g/mol. The number of aromatic nitrogens is 3. The zero-order valence-corrected chi connectivity index (χ0v) is 15.4. The Hall–Kier alpha value is -2.67. The van der Waals surface area contributed by atoms with Crippen LogP contribution in [0.5, 0.6) is 0 Å². The minimum Gasteiger partial charge on any atom is -0.441 e. The Bertz CT molecular complexity index is 863. The van der Waals surface area contributed by atoms with Crippen molar-refractivity contribution in [2.45, 2.75) is 13.0 Å². The summed E-state index contributed by atoms with van der Waals surface area (Å²) in [4.78, 5) is 13.6. The lowest BCUT2D eigenvalue weighted by molar-refractivity contribution is 0.121. The molecule has 0 spiro atoms. The Morgan fingerprint density at radius 1 is 1.12 bits per heavy atom. The summed E-state index contributed by atoms with van der Waals surface area (Å²) in [5, 5.41) is 11.2. The first-order chi connectivity index (χ1) is 12.0. The number of ether oxygens (including phenoxy) is 1. The number of halogens is 1. The molecule has 0 radical (unpaired) electrons. The Labute approximate surface area is 153 Å². The third-order valence-electron chi connectivity index (χ3n) is 3.60. The van der Waals surface area contributed by atoms with Crippen molar-refractivity contribution in [1.82, 2.24) is 15.0 Å². The number of hydrogen-bond acceptors (Lipinski definition) is 4. The summed E-state index contributed by atoms with van der Waals surface area (Å²) in [7, 11) is 1.70. The molecule has 2 aromatic carbocycles. The number of aryl methyl sites for hydroxylation is 1. The van der Waals surface area contributed by atoms with E-state index in [1.807, 2.05) is 61.5 Å². The zero-order chi connectivity index (χ0) is 17.8. The van der Waals surface area contributed by atoms with Gasteiger partial charge in [-0.15, -0.1) is 5.10 Å². The minimum atomic E-state index is -0.574. The van der Waals surface area contributed by atoms with Gasteiger partial charge in [0.25, 0.3) is 0 Å². The fourth-order valence-corrected chi connectivity index (χ4v) is 2.64. The number of carbonyl (C=O) groups excluding carboxylic acids is 1. The zero-order valence-electron chi connectivity index (χ0n) is 13.8. The van der Waals surface area contributed by atoms with E-state index in [2.05, 4.69) is 31.4 Å². The Morgan fingerprint density at radius 2 is 1.80 bits per heavy atom. The van der Waals surface area contributed by atoms with E-state index < -0.39 is 6.09 Å². The van der Waals surface area contributed by atoms with Crippen LogP contribution in [0.3, 0.4) is 0 Å². The summed E-state index contributed by atoms with van der Waals surface area (Å²) >= 11 is 3.40. The predicted octanol–water partition coefficient (Wildman–Crippen LogP) is 4.55. The molecule has 1 atom stereocenters. The van der Waals surface area contributed by atoms with Gasteiger partial charge in [0.1, 0.15) is 11.8 Å². The van der Waals surface area contributed by atoms with Crippen LogP contribution >= 0.6 is 15.9 Å². The standard InChI is InChI=1S/C18H17BrN4O2/c1-12(13-6-4-3-5-7-13)25-18(24)20-17-16(21-23(2)22-17)14-8-10-15(19)11-9-14/h3-12H,1-2H3,(H,20,22,24)/t12-/m1/s1. The first kappa shape index (κ1) is 17.2. The molecular weight excluding hydrogens is 384 g/mol. The van der Waals surface area contributed by atoms with Gasteiger partial charge in [0.15, 0.2) is 5.82 Å². The maximum atomic E-state index is 12.2. The molecule has 25 heavy (non-hydrogen) atoms. The van der Waals surface area contributed by atoms with Crippen molar-refractivity contribution in [1.29, 1.82) is 0 Å². The van der Waals surface area contributed by atoms with E-state index in [4.69, 9.17) is 4.74 Å². The van der Waals surface area contributed by atoms with Crippen LogP contribution < -0.4 is 5.32 Å². The van der Waals surface area contributed by atoms with Gasteiger partial charge >= 0.3 is 6.09 Å². The second-order valence-corrected chi connectivity index (χ2v) is 6.39. The third-order valence-corrected chi connectivity index (χ3v) is 4.13. The summed E-state index contributed by atoms with van der Waals surface area (Å²) in [5.41, 5.74) is 2.35. The maximum Gasteiger partial charge on any atom is 0.413 e. The molecule has 0 saturated carbocycles. The Morgan fingerprint density at radius 3 is 2.48 bits per heavy atom. The molecule has 1 aromatic heterocycles. The van der Waals surface area contributed by atoms with Gasteiger partial charge in [-0.2, -0.15) is 9.90 Å². The number of nitrogens with one attached hydrogen (secondary N) is 1. The molecular formula is C18H17BrN4O2. The highest BCUT2D eigenvalue weighted by atomic mass is 79.9. The molecule has 0 saturated heterocycles. The van der Waals surface area contributed by atoms with Crippen LogP contribution in [0.15, 0.2) is 59.1 Å². The first-order valence-corrected chi connectivity index (χ1v) is 8.52. The molecule has 7 heteroatoms. The average Bonchev–Trinajstić information content (AvgIpc) is 2.96. The van der Waals surface area contributed by atoms with Crippen LogP contribution in [0.25, 0.3) is 11.3 Å². The molecule has 128 valence electrons. The van der Waals surface area contributed by atoms with Crippen LogP contribution in [0.4, 0.5) is 10.6 Å². The van der Waals surface area contributed by atoms with Crippen LogP contribution in [-0.2, 0) is 11.8 Å². The second-order valence-electron chi connectivity index (χ2n) is 5.48. The topological polar surface area (TPSA) is 69.0 Å². The van der Waals surface area contributed by atoms with Gasteiger partial charge in [-0.1, -0.05) is 58.4 Å². The highest BCUT2D eigenvalue weighted by Gasteiger charge is 2.17. The number of hydrogen-bond donors (Lipinski definition) is 1. The van der Waals surface area contributed by atoms with E-state index in [9.17, 15) is 4.79 Å². The van der Waals surface area contributed by atoms with E-state index >= 15 is 0 Å². The number of benzene rings is 2. The molecule has 1 N–H and O–H groups in total. The summed E-state index contributed by atoms with van der Waals surface area (Å²) < 4.78 is 6.39. The van der Waals surface area contributed by atoms with Crippen LogP contribution in [0.1, 0.15) is 18.6 Å². The van der Waals surface area contributed by atoms with E-state index in [0.29, 0.717) is 11.5 Å². The van der Waals surface area contributed by atoms with Crippen LogP contribution in [0, 0.1) is 0 Å². The number of carbonyl (C=O) groups is 1. The van der Waals surface area contributed by atoms with Gasteiger partial charge < -0.3 is 4.74 Å². The monoisotopic (exact) mass is 400 g/mol. The fraction of sp³-hybridized carbons (Fsp3) is 0.167. The van der Waals surface area contributed by atoms with Crippen LogP contribution in [0.2, 0.25) is 0 Å². The van der Waals surface area contributed by atoms with Crippen molar-refractivity contribution in [3.8, 4) is 11.3 Å². The van der Waals surface area contributed by atoms with Gasteiger partial charge in [0.05, 0.1) is 0 Å². The molecule has 0 fully saturated rings. The first-order valence-electron chi connectivity index (χ1n) is 7.73. The maximum absolute atomic E-state index is 12.2. The molecule has 0 bridgehead atoms. The predicted molar refractivity (Wildman–Crippen MR) is 99.1 cm³/mol. The second kappa shape index (κ2) is 7.48. The molecule has 6 nitrogen and oxygen atoms in total. The summed E-state index contributed by atoms with van der Waals surface area (Å²) in [5.74, 6) is 0.357.